The first-order chi connectivity index (χ1) is 6.45. The van der Waals surface area contributed by atoms with E-state index in [1.54, 1.807) is 0 Å². The molecular weight excluding hydrogens is 247 g/mol. The second-order valence-corrected chi connectivity index (χ2v) is 3.40. The number of halogens is 4. The van der Waals surface area contributed by atoms with Gasteiger partial charge in [-0.05, 0) is 19.1 Å². The second-order valence-electron chi connectivity index (χ2n) is 3.02. The molecule has 0 aromatic heterocycles. The van der Waals surface area contributed by atoms with Gasteiger partial charge in [0.05, 0.1) is 17.2 Å². The van der Waals surface area contributed by atoms with Gasteiger partial charge in [0.25, 0.3) is 0 Å². The Kier molecular flexibility index (Phi) is 5.45. The van der Waals surface area contributed by atoms with Crippen LogP contribution in [-0.4, -0.2) is 11.2 Å². The maximum atomic E-state index is 13.2. The molecule has 0 amide bonds. The van der Waals surface area contributed by atoms with E-state index in [4.69, 9.17) is 22.4 Å². The first-order valence-corrected chi connectivity index (χ1v) is 4.40. The van der Waals surface area contributed by atoms with Crippen LogP contribution in [0.4, 0.5) is 8.78 Å². The van der Waals surface area contributed by atoms with Crippen molar-refractivity contribution in [2.75, 3.05) is 0 Å². The van der Waals surface area contributed by atoms with Crippen molar-refractivity contribution < 1.29 is 13.9 Å². The predicted octanol–water partition coefficient (Wildman–Crippen LogP) is 2.42. The Morgan fingerprint density at radius 1 is 1.33 bits per heavy atom. The van der Waals surface area contributed by atoms with Crippen molar-refractivity contribution >= 4 is 24.0 Å². The predicted molar refractivity (Wildman–Crippen MR) is 57.2 cm³/mol. The fourth-order valence-corrected chi connectivity index (χ4v) is 1.37. The molecule has 6 heteroatoms. The van der Waals surface area contributed by atoms with Gasteiger partial charge in [-0.1, -0.05) is 11.6 Å². The van der Waals surface area contributed by atoms with Crippen molar-refractivity contribution in [3.8, 4) is 0 Å². The Bertz CT molecular complexity index is 347. The highest BCUT2D eigenvalue weighted by Crippen LogP contribution is 2.28. The standard InChI is InChI=1S/C9H10ClF2NO.ClH/c1-4(14)9(13)7-5(11)2-3-6(12)8(7)10;/h2-4,9,14H,13H2,1H3;1H/t4-,9-;/m1./s1. The summed E-state index contributed by atoms with van der Waals surface area (Å²) in [6.07, 6.45) is -0.996. The molecule has 1 aromatic rings. The van der Waals surface area contributed by atoms with Gasteiger partial charge < -0.3 is 10.8 Å². The molecular formula is C9H11Cl2F2NO. The number of nitrogens with two attached hydrogens (primary N) is 1. The van der Waals surface area contributed by atoms with Gasteiger partial charge in [0.1, 0.15) is 11.6 Å². The number of hydrogen-bond donors (Lipinski definition) is 2. The molecule has 0 spiro atoms. The molecule has 1 rings (SSSR count). The number of aliphatic hydroxyl groups excluding tert-OH is 1. The summed E-state index contributed by atoms with van der Waals surface area (Å²) in [5, 5.41) is 8.76. The monoisotopic (exact) mass is 257 g/mol. The molecule has 0 aliphatic rings. The maximum Gasteiger partial charge on any atom is 0.142 e. The van der Waals surface area contributed by atoms with Crippen LogP contribution in [0, 0.1) is 11.6 Å². The first kappa shape index (κ1) is 14.6. The molecule has 3 N–H and O–H groups in total. The summed E-state index contributed by atoms with van der Waals surface area (Å²) >= 11 is 5.53. The average Bonchev–Trinajstić information content (AvgIpc) is 2.12. The minimum Gasteiger partial charge on any atom is -0.391 e. The van der Waals surface area contributed by atoms with E-state index in [9.17, 15) is 8.78 Å². The quantitative estimate of drug-likeness (QED) is 0.800. The third-order valence-corrected chi connectivity index (χ3v) is 2.32. The van der Waals surface area contributed by atoms with E-state index in [2.05, 4.69) is 0 Å². The molecule has 0 radical (unpaired) electrons. The Balaban J connectivity index is 0.00000196. The van der Waals surface area contributed by atoms with Gasteiger partial charge in [-0.3, -0.25) is 0 Å². The van der Waals surface area contributed by atoms with Crippen LogP contribution in [0.5, 0.6) is 0 Å². The zero-order valence-corrected chi connectivity index (χ0v) is 9.45. The van der Waals surface area contributed by atoms with Crippen molar-refractivity contribution in [3.05, 3.63) is 34.4 Å². The van der Waals surface area contributed by atoms with Gasteiger partial charge in [0.15, 0.2) is 0 Å². The normalized spacial score (nSPS) is 14.3. The Hall–Kier alpha value is -0.420. The lowest BCUT2D eigenvalue weighted by atomic mass is 10.0. The topological polar surface area (TPSA) is 46.2 Å². The van der Waals surface area contributed by atoms with Crippen molar-refractivity contribution in [2.24, 2.45) is 5.73 Å². The minimum absolute atomic E-state index is 0. The molecule has 0 saturated carbocycles. The third kappa shape index (κ3) is 3.01. The van der Waals surface area contributed by atoms with Gasteiger partial charge in [-0.25, -0.2) is 8.78 Å². The lowest BCUT2D eigenvalue weighted by molar-refractivity contribution is 0.162. The van der Waals surface area contributed by atoms with E-state index in [0.717, 1.165) is 12.1 Å². The molecule has 1 aromatic carbocycles. The van der Waals surface area contributed by atoms with Gasteiger partial charge in [-0.2, -0.15) is 0 Å². The van der Waals surface area contributed by atoms with Crippen LogP contribution in [0.15, 0.2) is 12.1 Å². The molecule has 0 fully saturated rings. The molecule has 0 unspecified atom stereocenters. The molecule has 15 heavy (non-hydrogen) atoms. The zero-order valence-electron chi connectivity index (χ0n) is 7.88. The van der Waals surface area contributed by atoms with Crippen LogP contribution in [0.2, 0.25) is 5.02 Å². The number of rotatable bonds is 2. The van der Waals surface area contributed by atoms with E-state index in [1.165, 1.54) is 6.92 Å². The van der Waals surface area contributed by atoms with E-state index in [-0.39, 0.29) is 23.0 Å². The summed E-state index contributed by atoms with van der Waals surface area (Å²) < 4.78 is 26.1. The minimum atomic E-state index is -1.03. The Morgan fingerprint density at radius 2 is 1.80 bits per heavy atom. The van der Waals surface area contributed by atoms with Crippen LogP contribution < -0.4 is 5.73 Å². The fraction of sp³-hybridized carbons (Fsp3) is 0.333. The van der Waals surface area contributed by atoms with Crippen molar-refractivity contribution in [1.82, 2.24) is 0 Å². The van der Waals surface area contributed by atoms with Gasteiger partial charge in [0, 0.05) is 5.56 Å². The molecule has 2 nitrogen and oxygen atoms in total. The molecule has 0 bridgehead atoms. The summed E-state index contributed by atoms with van der Waals surface area (Å²) in [6.45, 7) is 1.38. The Labute approximate surface area is 97.4 Å². The molecule has 86 valence electrons. The first-order valence-electron chi connectivity index (χ1n) is 4.02. The molecule has 0 saturated heterocycles. The number of hydrogen-bond acceptors (Lipinski definition) is 2. The average molecular weight is 258 g/mol. The lowest BCUT2D eigenvalue weighted by Crippen LogP contribution is -2.24. The molecule has 0 heterocycles. The van der Waals surface area contributed by atoms with Crippen molar-refractivity contribution in [2.45, 2.75) is 19.1 Å². The van der Waals surface area contributed by atoms with Crippen LogP contribution in [0.1, 0.15) is 18.5 Å². The molecule has 0 aliphatic carbocycles. The van der Waals surface area contributed by atoms with Crippen LogP contribution in [0.25, 0.3) is 0 Å². The highest BCUT2D eigenvalue weighted by atomic mass is 35.5. The summed E-state index contributed by atoms with van der Waals surface area (Å²) in [7, 11) is 0. The zero-order chi connectivity index (χ0) is 10.9. The smallest absolute Gasteiger partial charge is 0.142 e. The van der Waals surface area contributed by atoms with Crippen LogP contribution in [0.3, 0.4) is 0 Å². The summed E-state index contributed by atoms with van der Waals surface area (Å²) in [5.41, 5.74) is 5.27. The summed E-state index contributed by atoms with van der Waals surface area (Å²) in [5.74, 6) is -1.47. The largest absolute Gasteiger partial charge is 0.391 e. The fourth-order valence-electron chi connectivity index (χ4n) is 1.09. The highest BCUT2D eigenvalue weighted by Gasteiger charge is 2.21. The van der Waals surface area contributed by atoms with Crippen LogP contribution in [-0.2, 0) is 0 Å². The number of aliphatic hydroxyl groups is 1. The third-order valence-electron chi connectivity index (χ3n) is 1.93. The van der Waals surface area contributed by atoms with Crippen molar-refractivity contribution in [3.63, 3.8) is 0 Å². The summed E-state index contributed by atoms with van der Waals surface area (Å²) in [4.78, 5) is 0. The second kappa shape index (κ2) is 5.61. The van der Waals surface area contributed by atoms with Gasteiger partial charge in [0.2, 0.25) is 0 Å². The van der Waals surface area contributed by atoms with E-state index < -0.39 is 23.8 Å². The Morgan fingerprint density at radius 3 is 2.27 bits per heavy atom. The SMILES string of the molecule is C[C@@H](O)[C@@H](N)c1c(F)ccc(F)c1Cl.Cl. The number of benzene rings is 1. The van der Waals surface area contributed by atoms with E-state index in [0.29, 0.717) is 0 Å². The highest BCUT2D eigenvalue weighted by molar-refractivity contribution is 6.31. The van der Waals surface area contributed by atoms with Crippen LogP contribution >= 0.6 is 24.0 Å². The molecule has 2 atom stereocenters. The molecule has 0 aliphatic heterocycles. The maximum absolute atomic E-state index is 13.2. The van der Waals surface area contributed by atoms with E-state index >= 15 is 0 Å². The summed E-state index contributed by atoms with van der Waals surface area (Å²) in [6, 6.07) is 0.813. The van der Waals surface area contributed by atoms with Crippen molar-refractivity contribution in [1.29, 1.82) is 0 Å². The lowest BCUT2D eigenvalue weighted by Gasteiger charge is -2.17. The van der Waals surface area contributed by atoms with Gasteiger partial charge >= 0.3 is 0 Å². The van der Waals surface area contributed by atoms with Gasteiger partial charge in [-0.15, -0.1) is 12.4 Å². The van der Waals surface area contributed by atoms with E-state index in [1.807, 2.05) is 0 Å².